The van der Waals surface area contributed by atoms with Crippen molar-refractivity contribution in [2.45, 2.75) is 26.8 Å². The number of nitrogens with zero attached hydrogens (tertiary/aromatic N) is 3. The predicted octanol–water partition coefficient (Wildman–Crippen LogP) is 2.87. The average Bonchev–Trinajstić information content (AvgIpc) is 3.01. The van der Waals surface area contributed by atoms with Crippen molar-refractivity contribution in [2.75, 3.05) is 0 Å². The Labute approximate surface area is 135 Å². The molecule has 0 amide bonds. The number of rotatable bonds is 4. The van der Waals surface area contributed by atoms with Crippen molar-refractivity contribution < 1.29 is 13.4 Å². The van der Waals surface area contributed by atoms with E-state index in [0.29, 0.717) is 11.5 Å². The number of halogens is 2. The molecule has 0 fully saturated rings. The predicted molar refractivity (Wildman–Crippen MR) is 80.1 cm³/mol. The molecule has 6 nitrogen and oxygen atoms in total. The number of hydrogen-bond donors (Lipinski definition) is 0. The third kappa shape index (κ3) is 2.92. The van der Waals surface area contributed by atoms with E-state index >= 15 is 0 Å². The van der Waals surface area contributed by atoms with Crippen LogP contribution in [0.1, 0.15) is 28.4 Å². The van der Waals surface area contributed by atoms with Crippen molar-refractivity contribution >= 4 is 11.6 Å². The first kappa shape index (κ1) is 15.5. The number of aryl methyl sites for hydroxylation is 2. The molecule has 8 heteroatoms. The third-order valence-electron chi connectivity index (χ3n) is 3.66. The Bertz CT molecular complexity index is 873. The van der Waals surface area contributed by atoms with E-state index in [1.807, 2.05) is 0 Å². The van der Waals surface area contributed by atoms with Gasteiger partial charge in [0.2, 0.25) is 0 Å². The van der Waals surface area contributed by atoms with Crippen LogP contribution in [0.25, 0.3) is 0 Å². The highest BCUT2D eigenvalue weighted by Gasteiger charge is 2.18. The molecule has 2 aromatic heterocycles. The third-order valence-corrected chi connectivity index (χ3v) is 4.01. The van der Waals surface area contributed by atoms with E-state index in [2.05, 4.69) is 10.3 Å². The molecule has 0 aliphatic rings. The summed E-state index contributed by atoms with van der Waals surface area (Å²) in [6, 6.07) is 4.40. The minimum atomic E-state index is -0.632. The number of hydrogen-bond acceptors (Lipinski definition) is 5. The lowest BCUT2D eigenvalue weighted by molar-refractivity contribution is 0.374. The lowest BCUT2D eigenvalue weighted by Crippen LogP contribution is -2.19. The number of aromatic nitrogens is 3. The molecule has 0 unspecified atom stereocenters. The molecule has 1 aromatic carbocycles. The van der Waals surface area contributed by atoms with Crippen LogP contribution in [0.2, 0.25) is 5.02 Å². The zero-order valence-corrected chi connectivity index (χ0v) is 13.2. The van der Waals surface area contributed by atoms with E-state index in [4.69, 9.17) is 20.6 Å². The summed E-state index contributed by atoms with van der Waals surface area (Å²) in [6.07, 6.45) is 0.0423. The molecule has 0 spiro atoms. The van der Waals surface area contributed by atoms with Crippen LogP contribution in [0.3, 0.4) is 0 Å². The summed E-state index contributed by atoms with van der Waals surface area (Å²) in [5.74, 6) is -0.211. The van der Waals surface area contributed by atoms with E-state index < -0.39 is 11.6 Å². The summed E-state index contributed by atoms with van der Waals surface area (Å²) in [4.78, 5) is 11.9. The fourth-order valence-corrected chi connectivity index (χ4v) is 2.55. The molecule has 2 heterocycles. The monoisotopic (exact) mass is 337 g/mol. The zero-order valence-electron chi connectivity index (χ0n) is 12.5. The van der Waals surface area contributed by atoms with Gasteiger partial charge in [-0.25, -0.2) is 9.18 Å². The van der Waals surface area contributed by atoms with Gasteiger partial charge in [-0.1, -0.05) is 28.0 Å². The standard InChI is InChI=1S/C15H13ClFN3O3/c1-8-11(9(2)22-18-8)7-20-14(19-23-15(20)21)6-10-12(16)4-3-5-13(10)17/h3-5H,6-7H2,1-2H3. The van der Waals surface area contributed by atoms with Gasteiger partial charge in [0.1, 0.15) is 11.6 Å². The Balaban J connectivity index is 1.98. The summed E-state index contributed by atoms with van der Waals surface area (Å²) in [5, 5.41) is 7.85. The molecule has 0 aliphatic heterocycles. The SMILES string of the molecule is Cc1noc(C)c1Cn1c(Cc2c(F)cccc2Cl)noc1=O. The van der Waals surface area contributed by atoms with Gasteiger partial charge in [-0.3, -0.25) is 9.09 Å². The molecule has 3 aromatic rings. The summed E-state index contributed by atoms with van der Waals surface area (Å²) in [6.45, 7) is 3.71. The van der Waals surface area contributed by atoms with Crippen molar-refractivity contribution in [1.82, 2.24) is 14.9 Å². The van der Waals surface area contributed by atoms with Crippen molar-refractivity contribution in [2.24, 2.45) is 0 Å². The van der Waals surface area contributed by atoms with E-state index in [9.17, 15) is 9.18 Å². The van der Waals surface area contributed by atoms with Gasteiger partial charge in [0.15, 0.2) is 5.82 Å². The van der Waals surface area contributed by atoms with Gasteiger partial charge < -0.3 is 4.52 Å². The molecule has 0 saturated heterocycles. The highest BCUT2D eigenvalue weighted by molar-refractivity contribution is 6.31. The van der Waals surface area contributed by atoms with Gasteiger partial charge in [0.05, 0.1) is 12.2 Å². The first-order valence-corrected chi connectivity index (χ1v) is 7.25. The maximum absolute atomic E-state index is 13.9. The zero-order chi connectivity index (χ0) is 16.6. The van der Waals surface area contributed by atoms with E-state index in [1.165, 1.54) is 16.7 Å². The summed E-state index contributed by atoms with van der Waals surface area (Å²) >= 11 is 6.02. The largest absolute Gasteiger partial charge is 0.441 e. The molecule has 0 saturated carbocycles. The molecule has 23 heavy (non-hydrogen) atoms. The molecular formula is C15H13ClFN3O3. The first-order valence-electron chi connectivity index (χ1n) is 6.87. The van der Waals surface area contributed by atoms with Crippen LogP contribution in [0, 0.1) is 19.7 Å². The minimum Gasteiger partial charge on any atom is -0.361 e. The lowest BCUT2D eigenvalue weighted by atomic mass is 10.1. The fraction of sp³-hybridized carbons (Fsp3) is 0.267. The van der Waals surface area contributed by atoms with E-state index in [1.54, 1.807) is 19.9 Å². The summed E-state index contributed by atoms with van der Waals surface area (Å²) in [7, 11) is 0. The van der Waals surface area contributed by atoms with Crippen LogP contribution >= 0.6 is 11.6 Å². The highest BCUT2D eigenvalue weighted by atomic mass is 35.5. The number of benzene rings is 1. The van der Waals surface area contributed by atoms with Crippen LogP contribution in [-0.4, -0.2) is 14.9 Å². The maximum atomic E-state index is 13.9. The molecule has 120 valence electrons. The van der Waals surface area contributed by atoms with Crippen LogP contribution in [-0.2, 0) is 13.0 Å². The van der Waals surface area contributed by atoms with Gasteiger partial charge in [-0.15, -0.1) is 0 Å². The van der Waals surface area contributed by atoms with E-state index in [0.717, 1.165) is 5.56 Å². The lowest BCUT2D eigenvalue weighted by Gasteiger charge is -2.07. The molecule has 0 radical (unpaired) electrons. The molecule has 0 bridgehead atoms. The Kier molecular flexibility index (Phi) is 4.04. The van der Waals surface area contributed by atoms with Crippen molar-refractivity contribution in [3.05, 3.63) is 68.0 Å². The van der Waals surface area contributed by atoms with Crippen LogP contribution < -0.4 is 5.76 Å². The van der Waals surface area contributed by atoms with Crippen LogP contribution in [0.15, 0.2) is 32.0 Å². The smallest absolute Gasteiger partial charge is 0.361 e. The van der Waals surface area contributed by atoms with Gasteiger partial charge in [0.25, 0.3) is 0 Å². The normalized spacial score (nSPS) is 11.1. The summed E-state index contributed by atoms with van der Waals surface area (Å²) < 4.78 is 25.0. The molecule has 0 aliphatic carbocycles. The fourth-order valence-electron chi connectivity index (χ4n) is 2.32. The van der Waals surface area contributed by atoms with Crippen molar-refractivity contribution in [1.29, 1.82) is 0 Å². The van der Waals surface area contributed by atoms with Crippen LogP contribution in [0.4, 0.5) is 4.39 Å². The Hall–Kier alpha value is -2.41. The van der Waals surface area contributed by atoms with Gasteiger partial charge in [-0.2, -0.15) is 0 Å². The van der Waals surface area contributed by atoms with Crippen LogP contribution in [0.5, 0.6) is 0 Å². The second kappa shape index (κ2) is 6.00. The first-order chi connectivity index (χ1) is 11.0. The molecule has 0 atom stereocenters. The maximum Gasteiger partial charge on any atom is 0.441 e. The Morgan fingerprint density at radius 3 is 2.65 bits per heavy atom. The second-order valence-corrected chi connectivity index (χ2v) is 5.54. The molecular weight excluding hydrogens is 325 g/mol. The van der Waals surface area contributed by atoms with Gasteiger partial charge in [-0.05, 0) is 26.0 Å². The molecule has 0 N–H and O–H groups in total. The molecule has 3 rings (SSSR count). The Morgan fingerprint density at radius 1 is 1.22 bits per heavy atom. The van der Waals surface area contributed by atoms with Gasteiger partial charge >= 0.3 is 5.76 Å². The highest BCUT2D eigenvalue weighted by Crippen LogP contribution is 2.22. The topological polar surface area (TPSA) is 74.1 Å². The summed E-state index contributed by atoms with van der Waals surface area (Å²) in [5.41, 5.74) is 1.69. The van der Waals surface area contributed by atoms with Crippen molar-refractivity contribution in [3.63, 3.8) is 0 Å². The quantitative estimate of drug-likeness (QED) is 0.731. The Morgan fingerprint density at radius 2 is 2.00 bits per heavy atom. The van der Waals surface area contributed by atoms with Crippen molar-refractivity contribution in [3.8, 4) is 0 Å². The minimum absolute atomic E-state index is 0.0423. The van der Waals surface area contributed by atoms with E-state index in [-0.39, 0.29) is 29.4 Å². The second-order valence-electron chi connectivity index (χ2n) is 5.13. The average molecular weight is 338 g/mol. The van der Waals surface area contributed by atoms with Gasteiger partial charge in [0, 0.05) is 22.6 Å².